The van der Waals surface area contributed by atoms with Gasteiger partial charge in [-0.3, -0.25) is 9.59 Å². The molecule has 1 aromatic heterocycles. The largest absolute Gasteiger partial charge is 0.466 e. The first-order valence-corrected chi connectivity index (χ1v) is 7.49. The smallest absolute Gasteiger partial charge is 0.311 e. The Morgan fingerprint density at radius 3 is 2.85 bits per heavy atom. The molecule has 1 rings (SSSR count). The van der Waals surface area contributed by atoms with Gasteiger partial charge in [0, 0.05) is 11.9 Å². The molecule has 0 aliphatic heterocycles. The lowest BCUT2D eigenvalue weighted by molar-refractivity contribution is -0.142. The molecule has 0 saturated heterocycles. The first-order valence-electron chi connectivity index (χ1n) is 6.61. The van der Waals surface area contributed by atoms with E-state index < -0.39 is 0 Å². The third kappa shape index (κ3) is 6.51. The first kappa shape index (κ1) is 16.4. The van der Waals surface area contributed by atoms with Crippen LogP contribution in [0, 0.1) is 5.92 Å². The van der Waals surface area contributed by atoms with Crippen molar-refractivity contribution in [2.45, 2.75) is 27.2 Å². The molecule has 112 valence electrons. The molecule has 0 radical (unpaired) electrons. The number of thiazole rings is 1. The molecule has 7 heteroatoms. The second-order valence-electron chi connectivity index (χ2n) is 4.68. The van der Waals surface area contributed by atoms with Crippen LogP contribution >= 0.6 is 11.3 Å². The van der Waals surface area contributed by atoms with Crippen molar-refractivity contribution in [3.05, 3.63) is 11.1 Å². The fourth-order valence-electron chi connectivity index (χ4n) is 1.37. The second-order valence-corrected chi connectivity index (χ2v) is 5.54. The molecular weight excluding hydrogens is 278 g/mol. The van der Waals surface area contributed by atoms with Gasteiger partial charge in [0.15, 0.2) is 5.13 Å². The van der Waals surface area contributed by atoms with Crippen LogP contribution in [-0.4, -0.2) is 36.6 Å². The summed E-state index contributed by atoms with van der Waals surface area (Å²) in [6.45, 7) is 7.05. The van der Waals surface area contributed by atoms with E-state index in [1.165, 1.54) is 11.3 Å². The minimum atomic E-state index is -0.293. The number of anilines is 1. The molecule has 20 heavy (non-hydrogen) atoms. The van der Waals surface area contributed by atoms with E-state index in [1.807, 2.05) is 13.8 Å². The van der Waals surface area contributed by atoms with Crippen LogP contribution in [0.25, 0.3) is 0 Å². The van der Waals surface area contributed by atoms with Gasteiger partial charge in [-0.15, -0.1) is 11.3 Å². The molecule has 1 amide bonds. The van der Waals surface area contributed by atoms with Crippen molar-refractivity contribution in [1.29, 1.82) is 0 Å². The van der Waals surface area contributed by atoms with Crippen LogP contribution in [0.2, 0.25) is 0 Å². The second kappa shape index (κ2) is 8.52. The summed E-state index contributed by atoms with van der Waals surface area (Å²) >= 11 is 1.37. The summed E-state index contributed by atoms with van der Waals surface area (Å²) in [5, 5.41) is 8.16. The summed E-state index contributed by atoms with van der Waals surface area (Å²) in [7, 11) is 0. The average Bonchev–Trinajstić information content (AvgIpc) is 2.81. The van der Waals surface area contributed by atoms with Gasteiger partial charge in [0.25, 0.3) is 0 Å². The quantitative estimate of drug-likeness (QED) is 0.710. The van der Waals surface area contributed by atoms with Crippen molar-refractivity contribution < 1.29 is 14.3 Å². The summed E-state index contributed by atoms with van der Waals surface area (Å²) < 4.78 is 4.85. The highest BCUT2D eigenvalue weighted by atomic mass is 32.1. The molecule has 1 heterocycles. The number of hydrogen-bond donors (Lipinski definition) is 2. The number of hydrogen-bond acceptors (Lipinski definition) is 6. The molecule has 0 aliphatic rings. The number of rotatable bonds is 8. The fraction of sp³-hybridized carbons (Fsp3) is 0.615. The Morgan fingerprint density at radius 1 is 1.45 bits per heavy atom. The maximum absolute atomic E-state index is 11.5. The Hall–Kier alpha value is -1.63. The monoisotopic (exact) mass is 299 g/mol. The SMILES string of the molecule is CCOC(=O)Cc1csc(NCC(=O)NCC(C)C)n1. The molecule has 0 aliphatic carbocycles. The Balaban J connectivity index is 2.33. The van der Waals surface area contributed by atoms with E-state index in [1.54, 1.807) is 12.3 Å². The number of ether oxygens (including phenoxy) is 1. The molecular formula is C13H21N3O3S. The van der Waals surface area contributed by atoms with Crippen LogP contribution in [0.5, 0.6) is 0 Å². The van der Waals surface area contributed by atoms with Gasteiger partial charge in [0.05, 0.1) is 25.3 Å². The Morgan fingerprint density at radius 2 is 2.20 bits per heavy atom. The predicted octanol–water partition coefficient (Wildman–Crippen LogP) is 1.43. The van der Waals surface area contributed by atoms with E-state index in [0.29, 0.717) is 29.9 Å². The molecule has 0 saturated carbocycles. The minimum absolute atomic E-state index is 0.0687. The fourth-order valence-corrected chi connectivity index (χ4v) is 2.07. The van der Waals surface area contributed by atoms with Gasteiger partial charge in [-0.05, 0) is 12.8 Å². The third-order valence-corrected chi connectivity index (χ3v) is 3.14. The van der Waals surface area contributed by atoms with Gasteiger partial charge in [0.1, 0.15) is 0 Å². The van der Waals surface area contributed by atoms with Gasteiger partial charge < -0.3 is 15.4 Å². The summed E-state index contributed by atoms with van der Waals surface area (Å²) in [4.78, 5) is 27.0. The molecule has 0 unspecified atom stereocenters. The van der Waals surface area contributed by atoms with E-state index in [9.17, 15) is 9.59 Å². The zero-order chi connectivity index (χ0) is 15.0. The Labute approximate surface area is 122 Å². The summed E-state index contributed by atoms with van der Waals surface area (Å²) in [5.41, 5.74) is 0.651. The Kier molecular flexibility index (Phi) is 7.00. The molecule has 0 atom stereocenters. The molecule has 1 aromatic rings. The summed E-state index contributed by atoms with van der Waals surface area (Å²) in [6, 6.07) is 0. The van der Waals surface area contributed by atoms with E-state index in [2.05, 4.69) is 15.6 Å². The van der Waals surface area contributed by atoms with Gasteiger partial charge >= 0.3 is 5.97 Å². The van der Waals surface area contributed by atoms with Crippen molar-refractivity contribution in [3.63, 3.8) is 0 Å². The van der Waals surface area contributed by atoms with Gasteiger partial charge in [-0.25, -0.2) is 4.98 Å². The standard InChI is InChI=1S/C13H21N3O3S/c1-4-19-12(18)5-10-8-20-13(16-10)15-7-11(17)14-6-9(2)3/h8-9H,4-7H2,1-3H3,(H,14,17)(H,15,16). The lowest BCUT2D eigenvalue weighted by Crippen LogP contribution is -2.32. The van der Waals surface area contributed by atoms with Gasteiger partial charge in [-0.2, -0.15) is 0 Å². The highest BCUT2D eigenvalue weighted by Gasteiger charge is 2.09. The number of carbonyl (C=O) groups excluding carboxylic acids is 2. The van der Waals surface area contributed by atoms with Gasteiger partial charge in [0.2, 0.25) is 5.91 Å². The maximum atomic E-state index is 11.5. The summed E-state index contributed by atoms with van der Waals surface area (Å²) in [5.74, 6) is 0.0647. The molecule has 0 aromatic carbocycles. The number of nitrogens with zero attached hydrogens (tertiary/aromatic N) is 1. The number of aromatic nitrogens is 1. The lowest BCUT2D eigenvalue weighted by Gasteiger charge is -2.07. The lowest BCUT2D eigenvalue weighted by atomic mass is 10.2. The van der Waals surface area contributed by atoms with Crippen molar-refractivity contribution >= 4 is 28.3 Å². The third-order valence-electron chi connectivity index (χ3n) is 2.29. The van der Waals surface area contributed by atoms with Gasteiger partial charge in [-0.1, -0.05) is 13.8 Å². The molecule has 2 N–H and O–H groups in total. The van der Waals surface area contributed by atoms with E-state index in [4.69, 9.17) is 4.74 Å². The highest BCUT2D eigenvalue weighted by molar-refractivity contribution is 7.13. The van der Waals surface area contributed by atoms with E-state index >= 15 is 0 Å². The number of nitrogens with one attached hydrogen (secondary N) is 2. The van der Waals surface area contributed by atoms with Crippen LogP contribution in [0.1, 0.15) is 26.5 Å². The highest BCUT2D eigenvalue weighted by Crippen LogP contribution is 2.15. The molecule has 0 spiro atoms. The molecule has 6 nitrogen and oxygen atoms in total. The van der Waals surface area contributed by atoms with Crippen LogP contribution in [-0.2, 0) is 20.7 Å². The number of carbonyl (C=O) groups is 2. The van der Waals surface area contributed by atoms with E-state index in [0.717, 1.165) is 0 Å². The van der Waals surface area contributed by atoms with Crippen molar-refractivity contribution in [3.8, 4) is 0 Å². The normalized spacial score (nSPS) is 10.4. The van der Waals surface area contributed by atoms with Crippen molar-refractivity contribution in [2.75, 3.05) is 25.0 Å². The number of amides is 1. The zero-order valence-corrected chi connectivity index (χ0v) is 12.9. The van der Waals surface area contributed by atoms with Crippen LogP contribution in [0.4, 0.5) is 5.13 Å². The van der Waals surface area contributed by atoms with E-state index in [-0.39, 0.29) is 24.8 Å². The predicted molar refractivity (Wildman–Crippen MR) is 78.8 cm³/mol. The maximum Gasteiger partial charge on any atom is 0.311 e. The average molecular weight is 299 g/mol. The van der Waals surface area contributed by atoms with Crippen molar-refractivity contribution in [1.82, 2.24) is 10.3 Å². The molecule has 0 fully saturated rings. The number of esters is 1. The van der Waals surface area contributed by atoms with Crippen LogP contribution < -0.4 is 10.6 Å². The van der Waals surface area contributed by atoms with Crippen molar-refractivity contribution in [2.24, 2.45) is 5.92 Å². The van der Waals surface area contributed by atoms with Crippen LogP contribution in [0.15, 0.2) is 5.38 Å². The minimum Gasteiger partial charge on any atom is -0.466 e. The zero-order valence-electron chi connectivity index (χ0n) is 12.1. The topological polar surface area (TPSA) is 80.3 Å². The first-order chi connectivity index (χ1) is 9.51. The molecule has 0 bridgehead atoms. The Bertz CT molecular complexity index is 446. The summed E-state index contributed by atoms with van der Waals surface area (Å²) in [6.07, 6.45) is 0.158. The van der Waals surface area contributed by atoms with Crippen LogP contribution in [0.3, 0.4) is 0 Å².